The number of methoxy groups -OCH3 is 1. The highest BCUT2D eigenvalue weighted by molar-refractivity contribution is 6.42. The van der Waals surface area contributed by atoms with Crippen LogP contribution in [0.4, 0.5) is 0 Å². The predicted molar refractivity (Wildman–Crippen MR) is 69.3 cm³/mol. The molecular formula is C11H9Cl3N2O. The second-order valence-corrected chi connectivity index (χ2v) is 4.60. The van der Waals surface area contributed by atoms with E-state index in [2.05, 4.69) is 5.10 Å². The van der Waals surface area contributed by atoms with E-state index >= 15 is 0 Å². The van der Waals surface area contributed by atoms with Crippen LogP contribution in [0.3, 0.4) is 0 Å². The fourth-order valence-corrected chi connectivity index (χ4v) is 1.97. The highest BCUT2D eigenvalue weighted by Crippen LogP contribution is 2.26. The Bertz CT molecular complexity index is 540. The Morgan fingerprint density at radius 2 is 1.94 bits per heavy atom. The molecule has 0 amide bonds. The van der Waals surface area contributed by atoms with Crippen LogP contribution in [0, 0.1) is 0 Å². The Kier molecular flexibility index (Phi) is 3.94. The number of ether oxygens (including phenoxy) is 1. The van der Waals surface area contributed by atoms with Crippen molar-refractivity contribution in [2.45, 2.75) is 6.61 Å². The lowest BCUT2D eigenvalue weighted by atomic mass is 10.3. The van der Waals surface area contributed by atoms with Gasteiger partial charge in [-0.2, -0.15) is 5.10 Å². The van der Waals surface area contributed by atoms with Gasteiger partial charge < -0.3 is 4.74 Å². The largest absolute Gasteiger partial charge is 0.378 e. The molecule has 0 N–H and O–H groups in total. The molecule has 2 rings (SSSR count). The van der Waals surface area contributed by atoms with E-state index < -0.39 is 0 Å². The van der Waals surface area contributed by atoms with Gasteiger partial charge in [-0.1, -0.05) is 34.8 Å². The zero-order valence-corrected chi connectivity index (χ0v) is 11.2. The minimum absolute atomic E-state index is 0.411. The zero-order chi connectivity index (χ0) is 12.4. The smallest absolute Gasteiger partial charge is 0.133 e. The lowest BCUT2D eigenvalue weighted by molar-refractivity contribution is 0.181. The van der Waals surface area contributed by atoms with Crippen molar-refractivity contribution in [3.63, 3.8) is 0 Å². The van der Waals surface area contributed by atoms with Gasteiger partial charge in [-0.25, -0.2) is 4.68 Å². The average molecular weight is 292 g/mol. The van der Waals surface area contributed by atoms with Crippen LogP contribution < -0.4 is 0 Å². The topological polar surface area (TPSA) is 27.1 Å². The molecule has 1 heterocycles. The fraction of sp³-hybridized carbons (Fsp3) is 0.182. The lowest BCUT2D eigenvalue weighted by Crippen LogP contribution is -1.98. The minimum Gasteiger partial charge on any atom is -0.378 e. The van der Waals surface area contributed by atoms with Gasteiger partial charge in [0.1, 0.15) is 5.15 Å². The molecule has 0 fully saturated rings. The van der Waals surface area contributed by atoms with E-state index in [1.165, 1.54) is 0 Å². The summed E-state index contributed by atoms with van der Waals surface area (Å²) < 4.78 is 6.57. The Balaban J connectivity index is 2.41. The Hall–Kier alpha value is -0.740. The van der Waals surface area contributed by atoms with Gasteiger partial charge in [0, 0.05) is 13.2 Å². The molecule has 1 aromatic carbocycles. The van der Waals surface area contributed by atoms with E-state index in [9.17, 15) is 0 Å². The number of halogens is 3. The second-order valence-electron chi connectivity index (χ2n) is 3.40. The van der Waals surface area contributed by atoms with Crippen LogP contribution in [-0.4, -0.2) is 16.9 Å². The molecule has 0 radical (unpaired) electrons. The maximum atomic E-state index is 6.08. The first-order valence-corrected chi connectivity index (χ1v) is 5.94. The van der Waals surface area contributed by atoms with Gasteiger partial charge in [0.05, 0.1) is 28.0 Å². The lowest BCUT2D eigenvalue weighted by Gasteiger charge is -2.04. The fourth-order valence-electron chi connectivity index (χ4n) is 1.42. The zero-order valence-electron chi connectivity index (χ0n) is 8.95. The molecule has 6 heteroatoms. The van der Waals surface area contributed by atoms with E-state index in [1.54, 1.807) is 36.1 Å². The molecular weight excluding hydrogens is 282 g/mol. The van der Waals surface area contributed by atoms with Crippen molar-refractivity contribution in [3.8, 4) is 5.69 Å². The number of hydrogen-bond acceptors (Lipinski definition) is 2. The van der Waals surface area contributed by atoms with Gasteiger partial charge in [-0.05, 0) is 18.2 Å². The summed E-state index contributed by atoms with van der Waals surface area (Å²) >= 11 is 17.9. The van der Waals surface area contributed by atoms with Crippen LogP contribution in [0.1, 0.15) is 5.69 Å². The SMILES string of the molecule is COCc1cc(Cl)n(-c2ccc(Cl)c(Cl)c2)n1. The molecule has 0 saturated heterocycles. The molecule has 0 saturated carbocycles. The predicted octanol–water partition coefficient (Wildman–Crippen LogP) is 3.98. The highest BCUT2D eigenvalue weighted by atomic mass is 35.5. The van der Waals surface area contributed by atoms with Crippen molar-refractivity contribution in [2.24, 2.45) is 0 Å². The molecule has 2 aromatic rings. The molecule has 90 valence electrons. The molecule has 0 unspecified atom stereocenters. The van der Waals surface area contributed by atoms with Gasteiger partial charge in [-0.3, -0.25) is 0 Å². The summed E-state index contributed by atoms with van der Waals surface area (Å²) in [6.07, 6.45) is 0. The van der Waals surface area contributed by atoms with Gasteiger partial charge in [0.15, 0.2) is 0 Å². The summed E-state index contributed by atoms with van der Waals surface area (Å²) in [5.74, 6) is 0. The number of hydrogen-bond donors (Lipinski definition) is 0. The van der Waals surface area contributed by atoms with Gasteiger partial charge in [0.2, 0.25) is 0 Å². The number of benzene rings is 1. The van der Waals surface area contributed by atoms with E-state index in [0.29, 0.717) is 21.8 Å². The third-order valence-corrected chi connectivity index (χ3v) is 3.16. The summed E-state index contributed by atoms with van der Waals surface area (Å²) in [5.41, 5.74) is 1.51. The van der Waals surface area contributed by atoms with Crippen LogP contribution in [0.2, 0.25) is 15.2 Å². The van der Waals surface area contributed by atoms with E-state index in [1.807, 2.05) is 0 Å². The quantitative estimate of drug-likeness (QED) is 0.855. The van der Waals surface area contributed by atoms with Crippen molar-refractivity contribution in [1.29, 1.82) is 0 Å². The second kappa shape index (κ2) is 5.27. The highest BCUT2D eigenvalue weighted by Gasteiger charge is 2.09. The van der Waals surface area contributed by atoms with Crippen molar-refractivity contribution in [3.05, 3.63) is 45.2 Å². The maximum Gasteiger partial charge on any atom is 0.133 e. The van der Waals surface area contributed by atoms with Crippen molar-refractivity contribution < 1.29 is 4.74 Å². The van der Waals surface area contributed by atoms with Crippen LogP contribution in [0.15, 0.2) is 24.3 Å². The summed E-state index contributed by atoms with van der Waals surface area (Å²) in [6, 6.07) is 6.95. The van der Waals surface area contributed by atoms with E-state index in [-0.39, 0.29) is 0 Å². The number of aromatic nitrogens is 2. The van der Waals surface area contributed by atoms with Gasteiger partial charge in [-0.15, -0.1) is 0 Å². The molecule has 0 aliphatic rings. The summed E-state index contributed by atoms with van der Waals surface area (Å²) in [6.45, 7) is 0.411. The Morgan fingerprint density at radius 1 is 1.18 bits per heavy atom. The normalized spacial score (nSPS) is 10.8. The molecule has 0 aliphatic carbocycles. The number of rotatable bonds is 3. The molecule has 1 aromatic heterocycles. The summed E-state index contributed by atoms with van der Waals surface area (Å²) in [4.78, 5) is 0. The number of nitrogens with zero attached hydrogens (tertiary/aromatic N) is 2. The molecule has 0 spiro atoms. The van der Waals surface area contributed by atoms with Gasteiger partial charge in [0.25, 0.3) is 0 Å². The first-order valence-electron chi connectivity index (χ1n) is 4.80. The molecule has 17 heavy (non-hydrogen) atoms. The molecule has 0 atom stereocenters. The summed E-state index contributed by atoms with van der Waals surface area (Å²) in [5, 5.41) is 5.75. The first-order chi connectivity index (χ1) is 8.11. The van der Waals surface area contributed by atoms with E-state index in [0.717, 1.165) is 11.4 Å². The van der Waals surface area contributed by atoms with E-state index in [4.69, 9.17) is 39.5 Å². The van der Waals surface area contributed by atoms with Crippen LogP contribution in [0.25, 0.3) is 5.69 Å². The minimum atomic E-state index is 0.411. The molecule has 0 aliphatic heterocycles. The van der Waals surface area contributed by atoms with Crippen LogP contribution in [0.5, 0.6) is 0 Å². The third kappa shape index (κ3) is 2.75. The average Bonchev–Trinajstić information content (AvgIpc) is 2.64. The Labute approximate surface area is 114 Å². The van der Waals surface area contributed by atoms with Gasteiger partial charge >= 0.3 is 0 Å². The first kappa shape index (κ1) is 12.7. The summed E-state index contributed by atoms with van der Waals surface area (Å²) in [7, 11) is 1.60. The standard InChI is InChI=1S/C11H9Cl3N2O/c1-17-6-7-4-11(14)16(15-7)8-2-3-9(12)10(13)5-8/h2-5H,6H2,1H3. The van der Waals surface area contributed by atoms with Crippen molar-refractivity contribution in [2.75, 3.05) is 7.11 Å². The van der Waals surface area contributed by atoms with Crippen molar-refractivity contribution in [1.82, 2.24) is 9.78 Å². The van der Waals surface area contributed by atoms with Crippen molar-refractivity contribution >= 4 is 34.8 Å². The Morgan fingerprint density at radius 3 is 2.59 bits per heavy atom. The van der Waals surface area contributed by atoms with Crippen LogP contribution >= 0.6 is 34.8 Å². The maximum absolute atomic E-state index is 6.08. The van der Waals surface area contributed by atoms with Crippen LogP contribution in [-0.2, 0) is 11.3 Å². The monoisotopic (exact) mass is 290 g/mol. The molecule has 3 nitrogen and oxygen atoms in total. The molecule has 0 bridgehead atoms. The third-order valence-electron chi connectivity index (χ3n) is 2.16.